The summed E-state index contributed by atoms with van der Waals surface area (Å²) in [5.41, 5.74) is 0. The van der Waals surface area contributed by atoms with Crippen molar-refractivity contribution in [3.05, 3.63) is 30.3 Å². The van der Waals surface area contributed by atoms with Crippen LogP contribution in [0.5, 0.6) is 5.75 Å². The van der Waals surface area contributed by atoms with Gasteiger partial charge in [-0.05, 0) is 30.7 Å². The maximum atomic E-state index is 12.4. The minimum absolute atomic E-state index is 0.00380. The lowest BCUT2D eigenvalue weighted by Crippen LogP contribution is -2.73. The van der Waals surface area contributed by atoms with Crippen LogP contribution in [0.25, 0.3) is 0 Å². The van der Waals surface area contributed by atoms with Crippen LogP contribution in [0.1, 0.15) is 12.8 Å². The molecule has 2 aliphatic rings. The van der Waals surface area contributed by atoms with E-state index >= 15 is 0 Å². The molecular formula is C19H22N2O7S2. The molecule has 1 aromatic rings. The van der Waals surface area contributed by atoms with E-state index in [4.69, 9.17) is 9.84 Å². The molecule has 0 spiro atoms. The van der Waals surface area contributed by atoms with Gasteiger partial charge in [0.25, 0.3) is 11.8 Å². The fraction of sp³-hybridized carbons (Fsp3) is 0.474. The first-order chi connectivity index (χ1) is 14.4. The van der Waals surface area contributed by atoms with Crippen LogP contribution in [0.2, 0.25) is 0 Å². The number of aliphatic hydroxyl groups is 1. The van der Waals surface area contributed by atoms with Gasteiger partial charge in [-0.1, -0.05) is 18.2 Å². The van der Waals surface area contributed by atoms with Crippen LogP contribution < -0.4 is 10.1 Å². The third kappa shape index (κ3) is 5.27. The molecule has 2 saturated heterocycles. The van der Waals surface area contributed by atoms with Crippen molar-refractivity contribution in [2.75, 3.05) is 18.1 Å². The predicted molar refractivity (Wildman–Crippen MR) is 111 cm³/mol. The Bertz CT molecular complexity index is 801. The van der Waals surface area contributed by atoms with Gasteiger partial charge in [-0.25, -0.2) is 4.79 Å². The molecule has 2 unspecified atom stereocenters. The van der Waals surface area contributed by atoms with Gasteiger partial charge in [-0.15, -0.1) is 11.8 Å². The first-order valence-corrected chi connectivity index (χ1v) is 11.4. The molecule has 0 aliphatic carbocycles. The lowest BCUT2D eigenvalue weighted by Gasteiger charge is -2.47. The third-order valence-corrected chi connectivity index (χ3v) is 7.40. The molecule has 0 radical (unpaired) electrons. The number of Topliss-reactive ketones (excluding diaryl/α,β-unsaturated/α-hetero) is 1. The predicted octanol–water partition coefficient (Wildman–Crippen LogP) is 0.319. The van der Waals surface area contributed by atoms with Gasteiger partial charge < -0.3 is 20.3 Å². The van der Waals surface area contributed by atoms with Crippen molar-refractivity contribution in [1.29, 1.82) is 0 Å². The number of hydrogen-bond acceptors (Lipinski definition) is 8. The second-order valence-corrected chi connectivity index (χ2v) is 9.19. The summed E-state index contributed by atoms with van der Waals surface area (Å²) in [5.74, 6) is -1.39. The Kier molecular flexibility index (Phi) is 7.62. The standard InChI is InChI=1S/C19H22N2O7S2/c22-12(13-7-4-8-29-13)10-30-18-15(16(24)21(18)17(25)19(26)27)20-14(23)9-28-11-5-2-1-3-6-11/h1-3,5-6,13,15,17-18,25H,4,7-10H2,(H,20,23)(H,26,27)/t13-,15?,17-,18?/m0/s1. The Labute approximate surface area is 181 Å². The average molecular weight is 455 g/mol. The van der Waals surface area contributed by atoms with E-state index in [0.29, 0.717) is 5.75 Å². The number of carbonyl (C=O) groups is 4. The second-order valence-electron chi connectivity index (χ2n) is 6.77. The highest BCUT2D eigenvalue weighted by atomic mass is 32.2. The van der Waals surface area contributed by atoms with Gasteiger partial charge in [-0.3, -0.25) is 19.3 Å². The number of hydrogen-bond donors (Lipinski definition) is 3. The molecule has 3 N–H and O–H groups in total. The number of aliphatic hydroxyl groups excluding tert-OH is 1. The van der Waals surface area contributed by atoms with E-state index in [9.17, 15) is 24.3 Å². The highest BCUT2D eigenvalue weighted by Gasteiger charge is 2.53. The zero-order valence-corrected chi connectivity index (χ0v) is 17.6. The average Bonchev–Trinajstić information content (AvgIpc) is 3.28. The Morgan fingerprint density at radius 1 is 1.30 bits per heavy atom. The fourth-order valence-electron chi connectivity index (χ4n) is 3.15. The summed E-state index contributed by atoms with van der Waals surface area (Å²) in [6.07, 6.45) is -0.274. The Morgan fingerprint density at radius 3 is 2.67 bits per heavy atom. The molecule has 0 bridgehead atoms. The lowest BCUT2D eigenvalue weighted by atomic mass is 10.1. The Hall–Kier alpha value is -2.24. The van der Waals surface area contributed by atoms with Gasteiger partial charge in [0.2, 0.25) is 6.23 Å². The summed E-state index contributed by atoms with van der Waals surface area (Å²) in [7, 11) is 0. The number of nitrogens with zero attached hydrogens (tertiary/aromatic N) is 1. The first kappa shape index (κ1) is 22.4. The number of rotatable bonds is 10. The van der Waals surface area contributed by atoms with Gasteiger partial charge >= 0.3 is 5.97 Å². The van der Waals surface area contributed by atoms with E-state index in [2.05, 4.69) is 5.32 Å². The number of carboxylic acid groups (broad SMARTS) is 1. The summed E-state index contributed by atoms with van der Waals surface area (Å²) in [5, 5.41) is 20.4. The van der Waals surface area contributed by atoms with E-state index < -0.39 is 35.4 Å². The summed E-state index contributed by atoms with van der Waals surface area (Å²) >= 11 is 2.63. The molecule has 1 aromatic carbocycles. The zero-order chi connectivity index (χ0) is 21.7. The van der Waals surface area contributed by atoms with Gasteiger partial charge in [0.1, 0.15) is 17.2 Å². The van der Waals surface area contributed by atoms with E-state index in [1.807, 2.05) is 0 Å². The number of amides is 2. The van der Waals surface area contributed by atoms with Crippen LogP contribution in [0.15, 0.2) is 30.3 Å². The van der Waals surface area contributed by atoms with Crippen molar-refractivity contribution in [2.24, 2.45) is 0 Å². The quantitative estimate of drug-likeness (QED) is 0.427. The molecule has 11 heteroatoms. The van der Waals surface area contributed by atoms with Gasteiger partial charge in [-0.2, -0.15) is 11.8 Å². The number of carbonyl (C=O) groups excluding carboxylic acids is 3. The van der Waals surface area contributed by atoms with Gasteiger partial charge in [0, 0.05) is 0 Å². The van der Waals surface area contributed by atoms with Crippen LogP contribution in [0.4, 0.5) is 0 Å². The lowest BCUT2D eigenvalue weighted by molar-refractivity contribution is -0.178. The molecular weight excluding hydrogens is 432 g/mol. The number of β-lactam (4-membered cyclic amide) rings is 1. The number of ether oxygens (including phenoxy) is 1. The highest BCUT2D eigenvalue weighted by molar-refractivity contribution is 8.02. The van der Waals surface area contributed by atoms with Crippen molar-refractivity contribution < 1.29 is 34.1 Å². The Morgan fingerprint density at radius 2 is 2.03 bits per heavy atom. The number of thioether (sulfide) groups is 2. The summed E-state index contributed by atoms with van der Waals surface area (Å²) < 4.78 is 5.34. The zero-order valence-electron chi connectivity index (χ0n) is 15.9. The van der Waals surface area contributed by atoms with Crippen molar-refractivity contribution >= 4 is 47.1 Å². The molecule has 0 saturated carbocycles. The van der Waals surface area contributed by atoms with Gasteiger partial charge in [0.15, 0.2) is 12.4 Å². The van der Waals surface area contributed by atoms with Crippen molar-refractivity contribution in [3.63, 3.8) is 0 Å². The molecule has 2 heterocycles. The number of nitrogens with one attached hydrogen (secondary N) is 1. The SMILES string of the molecule is O=C(COc1ccccc1)NC1C(=O)N([C@@H](O)C(=O)O)C1SCC(=O)[C@@H]1CCCS1. The van der Waals surface area contributed by atoms with Crippen LogP contribution in [0.3, 0.4) is 0 Å². The monoisotopic (exact) mass is 454 g/mol. The smallest absolute Gasteiger partial charge is 0.354 e. The normalized spacial score (nSPS) is 24.1. The third-order valence-electron chi connectivity index (χ3n) is 4.68. The molecule has 2 aliphatic heterocycles. The maximum Gasteiger partial charge on any atom is 0.354 e. The number of likely N-dealkylation sites (tertiary alicyclic amines) is 1. The minimum atomic E-state index is -2.04. The van der Waals surface area contributed by atoms with E-state index in [-0.39, 0.29) is 23.4 Å². The maximum absolute atomic E-state index is 12.4. The summed E-state index contributed by atoms with van der Waals surface area (Å²) in [6.45, 7) is -0.329. The van der Waals surface area contributed by atoms with Crippen LogP contribution in [-0.2, 0) is 19.2 Å². The number of para-hydroxylation sites is 1. The first-order valence-electron chi connectivity index (χ1n) is 9.34. The minimum Gasteiger partial charge on any atom is -0.484 e. The van der Waals surface area contributed by atoms with Crippen LogP contribution >= 0.6 is 23.5 Å². The fourth-order valence-corrected chi connectivity index (χ4v) is 5.77. The molecule has 162 valence electrons. The second kappa shape index (κ2) is 10.2. The summed E-state index contributed by atoms with van der Waals surface area (Å²) in [6, 6.07) is 7.62. The number of ketones is 1. The van der Waals surface area contributed by atoms with Crippen molar-refractivity contribution in [2.45, 2.75) is 35.7 Å². The molecule has 9 nitrogen and oxygen atoms in total. The van der Waals surface area contributed by atoms with E-state index in [0.717, 1.165) is 35.3 Å². The molecule has 30 heavy (non-hydrogen) atoms. The molecule has 3 rings (SSSR count). The Balaban J connectivity index is 1.58. The molecule has 2 fully saturated rings. The van der Waals surface area contributed by atoms with E-state index in [1.54, 1.807) is 42.1 Å². The topological polar surface area (TPSA) is 133 Å². The number of carboxylic acids is 1. The number of aliphatic carboxylic acids is 1. The van der Waals surface area contributed by atoms with Crippen LogP contribution in [-0.4, -0.2) is 79.7 Å². The van der Waals surface area contributed by atoms with Crippen LogP contribution in [0, 0.1) is 0 Å². The molecule has 0 aromatic heterocycles. The van der Waals surface area contributed by atoms with E-state index in [1.165, 1.54) is 0 Å². The summed E-state index contributed by atoms with van der Waals surface area (Å²) in [4.78, 5) is 48.8. The molecule has 2 amide bonds. The van der Waals surface area contributed by atoms with Crippen molar-refractivity contribution in [1.82, 2.24) is 10.2 Å². The number of benzene rings is 1. The molecule has 4 atom stereocenters. The largest absolute Gasteiger partial charge is 0.484 e. The van der Waals surface area contributed by atoms with Crippen molar-refractivity contribution in [3.8, 4) is 5.75 Å². The highest BCUT2D eigenvalue weighted by Crippen LogP contribution is 2.34. The van der Waals surface area contributed by atoms with Gasteiger partial charge in [0.05, 0.1) is 11.0 Å².